The molecule has 2 atom stereocenters. The number of hydrogen-bond acceptors (Lipinski definition) is 5. The average Bonchev–Trinajstić information content (AvgIpc) is 2.60. The Bertz CT molecular complexity index is 578. The molecule has 6 nitrogen and oxygen atoms in total. The Morgan fingerprint density at radius 3 is 2.74 bits per heavy atom. The largest absolute Gasteiger partial charge is 0.493 e. The first-order valence-electron chi connectivity index (χ1n) is 7.97. The molecule has 1 aromatic rings. The van der Waals surface area contributed by atoms with E-state index in [0.29, 0.717) is 23.6 Å². The number of carbonyl (C=O) groups excluding carboxylic acids is 1. The number of benzene rings is 1. The van der Waals surface area contributed by atoms with Gasteiger partial charge in [-0.05, 0) is 31.7 Å². The van der Waals surface area contributed by atoms with E-state index in [9.17, 15) is 4.79 Å². The smallest absolute Gasteiger partial charge is 0.254 e. The number of morpholine rings is 1. The Morgan fingerprint density at radius 1 is 1.22 bits per heavy atom. The molecule has 0 N–H and O–H groups in total. The van der Waals surface area contributed by atoms with Crippen molar-refractivity contribution in [2.45, 2.75) is 18.6 Å². The van der Waals surface area contributed by atoms with E-state index < -0.39 is 0 Å². The second kappa shape index (κ2) is 6.76. The Balaban J connectivity index is 1.75. The summed E-state index contributed by atoms with van der Waals surface area (Å²) in [5.74, 6) is 1.23. The van der Waals surface area contributed by atoms with E-state index in [1.165, 1.54) is 0 Å². The molecule has 6 heteroatoms. The zero-order valence-electron chi connectivity index (χ0n) is 13.9. The van der Waals surface area contributed by atoms with E-state index in [1.807, 2.05) is 4.90 Å². The molecule has 2 saturated heterocycles. The first-order valence-corrected chi connectivity index (χ1v) is 7.97. The van der Waals surface area contributed by atoms with Crippen LogP contribution in [0, 0.1) is 0 Å². The maximum Gasteiger partial charge on any atom is 0.254 e. The van der Waals surface area contributed by atoms with Crippen LogP contribution in [0.25, 0.3) is 0 Å². The molecule has 3 rings (SSSR count). The standard InChI is InChI=1S/C17H24N2O4/c1-18-8-9-23-14-6-7-19(11-13(14)18)17(20)12-4-5-15(21-2)16(10-12)22-3/h4-5,10,13-14H,6-9,11H2,1-3H3/t13-,14+/m1/s1. The van der Waals surface area contributed by atoms with Crippen molar-refractivity contribution in [2.75, 3.05) is 47.5 Å². The minimum atomic E-state index is 0.0309. The summed E-state index contributed by atoms with van der Waals surface area (Å²) in [4.78, 5) is 17.0. The van der Waals surface area contributed by atoms with Crippen LogP contribution >= 0.6 is 0 Å². The lowest BCUT2D eigenvalue weighted by molar-refractivity contribution is -0.0893. The highest BCUT2D eigenvalue weighted by molar-refractivity contribution is 5.95. The van der Waals surface area contributed by atoms with Crippen LogP contribution in [0.3, 0.4) is 0 Å². The fourth-order valence-electron chi connectivity index (χ4n) is 3.38. The molecule has 1 aromatic carbocycles. The Morgan fingerprint density at radius 2 is 2.00 bits per heavy atom. The van der Waals surface area contributed by atoms with Gasteiger partial charge in [-0.25, -0.2) is 0 Å². The fourth-order valence-corrected chi connectivity index (χ4v) is 3.38. The molecular formula is C17H24N2O4. The predicted molar refractivity (Wildman–Crippen MR) is 86.2 cm³/mol. The van der Waals surface area contributed by atoms with Gasteiger partial charge in [0.05, 0.1) is 33.0 Å². The number of carbonyl (C=O) groups is 1. The molecule has 0 aromatic heterocycles. The van der Waals surface area contributed by atoms with Crippen LogP contribution in [0.1, 0.15) is 16.8 Å². The van der Waals surface area contributed by atoms with Gasteiger partial charge in [-0.2, -0.15) is 0 Å². The maximum atomic E-state index is 12.8. The summed E-state index contributed by atoms with van der Waals surface area (Å²) >= 11 is 0. The minimum Gasteiger partial charge on any atom is -0.493 e. The van der Waals surface area contributed by atoms with Gasteiger partial charge in [0, 0.05) is 25.2 Å². The van der Waals surface area contributed by atoms with Crippen molar-refractivity contribution in [2.24, 2.45) is 0 Å². The van der Waals surface area contributed by atoms with Gasteiger partial charge in [-0.3, -0.25) is 9.69 Å². The quantitative estimate of drug-likeness (QED) is 0.839. The molecule has 0 unspecified atom stereocenters. The van der Waals surface area contributed by atoms with Gasteiger partial charge < -0.3 is 19.1 Å². The Kier molecular flexibility index (Phi) is 4.73. The number of ether oxygens (including phenoxy) is 3. The van der Waals surface area contributed by atoms with Crippen molar-refractivity contribution in [1.82, 2.24) is 9.80 Å². The van der Waals surface area contributed by atoms with E-state index in [0.717, 1.165) is 26.1 Å². The van der Waals surface area contributed by atoms with Crippen LogP contribution in [0.4, 0.5) is 0 Å². The summed E-state index contributed by atoms with van der Waals surface area (Å²) in [5.41, 5.74) is 0.625. The van der Waals surface area contributed by atoms with E-state index in [2.05, 4.69) is 11.9 Å². The molecule has 2 fully saturated rings. The molecule has 2 aliphatic heterocycles. The molecule has 0 radical (unpaired) electrons. The van der Waals surface area contributed by atoms with Gasteiger partial charge in [0.2, 0.25) is 0 Å². The Hall–Kier alpha value is -1.79. The molecule has 1 amide bonds. The third-order valence-corrected chi connectivity index (χ3v) is 4.78. The number of piperidine rings is 1. The van der Waals surface area contributed by atoms with E-state index in [1.54, 1.807) is 32.4 Å². The van der Waals surface area contributed by atoms with Gasteiger partial charge in [-0.15, -0.1) is 0 Å². The lowest BCUT2D eigenvalue weighted by Crippen LogP contribution is -2.59. The van der Waals surface area contributed by atoms with Crippen molar-refractivity contribution >= 4 is 5.91 Å². The molecule has 0 bridgehead atoms. The monoisotopic (exact) mass is 320 g/mol. The van der Waals surface area contributed by atoms with Crippen molar-refractivity contribution in [3.63, 3.8) is 0 Å². The summed E-state index contributed by atoms with van der Waals surface area (Å²) in [6.45, 7) is 3.12. The zero-order valence-corrected chi connectivity index (χ0v) is 13.9. The van der Waals surface area contributed by atoms with E-state index in [4.69, 9.17) is 14.2 Å². The summed E-state index contributed by atoms with van der Waals surface area (Å²) in [6.07, 6.45) is 1.12. The molecule has 126 valence electrons. The number of hydrogen-bond donors (Lipinski definition) is 0. The second-order valence-electron chi connectivity index (χ2n) is 6.07. The molecule has 0 spiro atoms. The molecular weight excluding hydrogens is 296 g/mol. The number of likely N-dealkylation sites (tertiary alicyclic amines) is 1. The number of nitrogens with zero attached hydrogens (tertiary/aromatic N) is 2. The highest BCUT2D eigenvalue weighted by Gasteiger charge is 2.37. The number of methoxy groups -OCH3 is 2. The molecule has 23 heavy (non-hydrogen) atoms. The van der Waals surface area contributed by atoms with Crippen molar-refractivity contribution in [3.05, 3.63) is 23.8 Å². The maximum absolute atomic E-state index is 12.8. The third kappa shape index (κ3) is 3.14. The van der Waals surface area contributed by atoms with E-state index >= 15 is 0 Å². The molecule has 2 aliphatic rings. The predicted octanol–water partition coefficient (Wildman–Crippen LogP) is 1.25. The summed E-state index contributed by atoms with van der Waals surface area (Å²) in [6, 6.07) is 5.58. The topological polar surface area (TPSA) is 51.2 Å². The highest BCUT2D eigenvalue weighted by atomic mass is 16.5. The van der Waals surface area contributed by atoms with E-state index in [-0.39, 0.29) is 18.1 Å². The molecule has 0 aliphatic carbocycles. The SMILES string of the molecule is COc1ccc(C(=O)N2CC[C@@H]3OCCN(C)[C@@H]3C2)cc1OC. The van der Waals surface area contributed by atoms with Crippen molar-refractivity contribution in [1.29, 1.82) is 0 Å². The fraction of sp³-hybridized carbons (Fsp3) is 0.588. The highest BCUT2D eigenvalue weighted by Crippen LogP contribution is 2.29. The molecule has 2 heterocycles. The van der Waals surface area contributed by atoms with Gasteiger partial charge >= 0.3 is 0 Å². The summed E-state index contributed by atoms with van der Waals surface area (Å²) in [7, 11) is 5.26. The van der Waals surface area contributed by atoms with Gasteiger partial charge in [0.1, 0.15) is 0 Å². The van der Waals surface area contributed by atoms with Crippen LogP contribution in [0.2, 0.25) is 0 Å². The lowest BCUT2D eigenvalue weighted by atomic mass is 9.98. The van der Waals surface area contributed by atoms with Crippen molar-refractivity contribution in [3.8, 4) is 11.5 Å². The minimum absolute atomic E-state index is 0.0309. The summed E-state index contributed by atoms with van der Waals surface area (Å²) in [5, 5.41) is 0. The first-order chi connectivity index (χ1) is 11.1. The first kappa shape index (κ1) is 16.1. The number of likely N-dealkylation sites (N-methyl/N-ethyl adjacent to an activating group) is 1. The van der Waals surface area contributed by atoms with Crippen LogP contribution < -0.4 is 9.47 Å². The number of rotatable bonds is 3. The number of fused-ring (bicyclic) bond motifs is 1. The van der Waals surface area contributed by atoms with Crippen LogP contribution in [-0.4, -0.2) is 75.4 Å². The van der Waals surface area contributed by atoms with Crippen LogP contribution in [0.5, 0.6) is 11.5 Å². The average molecular weight is 320 g/mol. The normalized spacial score (nSPS) is 24.9. The third-order valence-electron chi connectivity index (χ3n) is 4.78. The van der Waals surface area contributed by atoms with Crippen LogP contribution in [0.15, 0.2) is 18.2 Å². The van der Waals surface area contributed by atoms with Crippen molar-refractivity contribution < 1.29 is 19.0 Å². The van der Waals surface area contributed by atoms with Gasteiger partial charge in [0.15, 0.2) is 11.5 Å². The lowest BCUT2D eigenvalue weighted by Gasteiger charge is -2.45. The van der Waals surface area contributed by atoms with Gasteiger partial charge in [-0.1, -0.05) is 0 Å². The Labute approximate surface area is 136 Å². The van der Waals surface area contributed by atoms with Gasteiger partial charge in [0.25, 0.3) is 5.91 Å². The zero-order chi connectivity index (χ0) is 16.4. The second-order valence-corrected chi connectivity index (χ2v) is 6.07. The number of amides is 1. The van der Waals surface area contributed by atoms with Crippen LogP contribution in [-0.2, 0) is 4.74 Å². The summed E-state index contributed by atoms with van der Waals surface area (Å²) < 4.78 is 16.4. The molecule has 0 saturated carbocycles.